The van der Waals surface area contributed by atoms with Gasteiger partial charge in [0.15, 0.2) is 11.5 Å². The van der Waals surface area contributed by atoms with Crippen molar-refractivity contribution in [3.63, 3.8) is 0 Å². The lowest BCUT2D eigenvalue weighted by Crippen LogP contribution is -2.60. The number of aromatic hydroxyl groups is 1. The average Bonchev–Trinajstić information content (AvgIpc) is 2.51. The van der Waals surface area contributed by atoms with E-state index in [-0.39, 0.29) is 18.1 Å². The van der Waals surface area contributed by atoms with Crippen molar-refractivity contribution in [1.82, 2.24) is 0 Å². The predicted molar refractivity (Wildman–Crippen MR) is 73.3 cm³/mol. The molecule has 0 spiro atoms. The third-order valence-electron chi connectivity index (χ3n) is 3.52. The third kappa shape index (κ3) is 3.49. The maximum absolute atomic E-state index is 9.88. The van der Waals surface area contributed by atoms with Gasteiger partial charge in [0.1, 0.15) is 24.4 Å². The molecule has 0 amide bonds. The highest BCUT2D eigenvalue weighted by Gasteiger charge is 2.44. The van der Waals surface area contributed by atoms with E-state index < -0.39 is 37.3 Å². The Morgan fingerprint density at radius 1 is 1.05 bits per heavy atom. The van der Waals surface area contributed by atoms with Crippen LogP contribution in [0.25, 0.3) is 0 Å². The fraction of sp³-hybridized carbons (Fsp3) is 0.571. The van der Waals surface area contributed by atoms with Gasteiger partial charge in [-0.25, -0.2) is 0 Å². The quantitative estimate of drug-likeness (QED) is 0.370. The van der Waals surface area contributed by atoms with E-state index in [0.717, 1.165) is 0 Å². The minimum atomic E-state index is -1.56. The third-order valence-corrected chi connectivity index (χ3v) is 3.52. The van der Waals surface area contributed by atoms with E-state index in [1.165, 1.54) is 12.1 Å². The average molecular weight is 316 g/mol. The molecule has 0 aromatic heterocycles. The van der Waals surface area contributed by atoms with Crippen molar-refractivity contribution in [1.29, 1.82) is 0 Å². The van der Waals surface area contributed by atoms with Crippen molar-refractivity contribution >= 4 is 0 Å². The Morgan fingerprint density at radius 2 is 1.77 bits per heavy atom. The second kappa shape index (κ2) is 7.23. The summed E-state index contributed by atoms with van der Waals surface area (Å²) in [6.45, 7) is -0.647. The zero-order valence-electron chi connectivity index (χ0n) is 11.7. The van der Waals surface area contributed by atoms with Crippen LogP contribution in [0.2, 0.25) is 0 Å². The lowest BCUT2D eigenvalue weighted by Gasteiger charge is -2.39. The number of phenols is 1. The van der Waals surface area contributed by atoms with Crippen LogP contribution in [0.3, 0.4) is 0 Å². The van der Waals surface area contributed by atoms with E-state index >= 15 is 0 Å². The molecule has 2 rings (SSSR count). The second-order valence-electron chi connectivity index (χ2n) is 5.09. The van der Waals surface area contributed by atoms with E-state index in [0.29, 0.717) is 12.0 Å². The van der Waals surface area contributed by atoms with Crippen LogP contribution < -0.4 is 4.74 Å². The first kappa shape index (κ1) is 16.9. The normalized spacial score (nSPS) is 32.0. The molecule has 5 atom stereocenters. The summed E-state index contributed by atoms with van der Waals surface area (Å²) >= 11 is 0. The van der Waals surface area contributed by atoms with Crippen LogP contribution in [-0.2, 0) is 11.2 Å². The Morgan fingerprint density at radius 3 is 2.41 bits per heavy atom. The Bertz CT molecular complexity index is 492. The van der Waals surface area contributed by atoms with E-state index in [1.807, 2.05) is 0 Å². The molecule has 0 unspecified atom stereocenters. The van der Waals surface area contributed by atoms with Gasteiger partial charge in [-0.2, -0.15) is 0 Å². The number of benzene rings is 1. The first-order valence-corrected chi connectivity index (χ1v) is 6.88. The highest BCUT2D eigenvalue weighted by atomic mass is 16.7. The zero-order valence-corrected chi connectivity index (χ0v) is 11.7. The number of aliphatic hydroxyl groups is 5. The monoisotopic (exact) mass is 316 g/mol. The summed E-state index contributed by atoms with van der Waals surface area (Å²) in [6.07, 6.45) is -6.70. The van der Waals surface area contributed by atoms with Gasteiger partial charge in [-0.05, 0) is 24.1 Å². The van der Waals surface area contributed by atoms with Crippen molar-refractivity contribution < 1.29 is 40.1 Å². The molecule has 1 heterocycles. The van der Waals surface area contributed by atoms with Crippen LogP contribution in [0.5, 0.6) is 11.5 Å². The van der Waals surface area contributed by atoms with Crippen LogP contribution in [-0.4, -0.2) is 74.6 Å². The summed E-state index contributed by atoms with van der Waals surface area (Å²) in [5.41, 5.74) is 0.694. The zero-order chi connectivity index (χ0) is 16.3. The molecule has 1 aromatic carbocycles. The van der Waals surface area contributed by atoms with Crippen LogP contribution in [0, 0.1) is 0 Å². The van der Waals surface area contributed by atoms with Gasteiger partial charge in [0.2, 0.25) is 6.29 Å². The first-order valence-electron chi connectivity index (χ1n) is 6.88. The van der Waals surface area contributed by atoms with E-state index in [1.54, 1.807) is 6.07 Å². The van der Waals surface area contributed by atoms with E-state index in [4.69, 9.17) is 19.7 Å². The molecule has 1 saturated heterocycles. The van der Waals surface area contributed by atoms with Gasteiger partial charge in [0.05, 0.1) is 6.61 Å². The maximum atomic E-state index is 9.88. The molecule has 0 radical (unpaired) electrons. The summed E-state index contributed by atoms with van der Waals surface area (Å²) in [5.74, 6) is -0.214. The van der Waals surface area contributed by atoms with Gasteiger partial charge in [-0.3, -0.25) is 0 Å². The van der Waals surface area contributed by atoms with Gasteiger partial charge in [0, 0.05) is 6.61 Å². The fourth-order valence-electron chi connectivity index (χ4n) is 2.23. The molecule has 8 nitrogen and oxygen atoms in total. The lowest BCUT2D eigenvalue weighted by molar-refractivity contribution is -0.277. The van der Waals surface area contributed by atoms with Crippen molar-refractivity contribution in [2.45, 2.75) is 37.1 Å². The van der Waals surface area contributed by atoms with Crippen molar-refractivity contribution in [2.75, 3.05) is 13.2 Å². The molecular weight excluding hydrogens is 296 g/mol. The molecule has 22 heavy (non-hydrogen) atoms. The van der Waals surface area contributed by atoms with Crippen LogP contribution >= 0.6 is 0 Å². The Balaban J connectivity index is 2.16. The van der Waals surface area contributed by atoms with Gasteiger partial charge >= 0.3 is 0 Å². The van der Waals surface area contributed by atoms with Crippen LogP contribution in [0.4, 0.5) is 0 Å². The lowest BCUT2D eigenvalue weighted by atomic mass is 9.99. The van der Waals surface area contributed by atoms with Crippen molar-refractivity contribution in [3.8, 4) is 11.5 Å². The predicted octanol–water partition coefficient (Wildman–Crippen LogP) is -1.89. The number of aliphatic hydroxyl groups excluding tert-OH is 5. The number of rotatable bonds is 5. The summed E-state index contributed by atoms with van der Waals surface area (Å²) in [6, 6.07) is 4.43. The summed E-state index contributed by atoms with van der Waals surface area (Å²) in [5, 5.41) is 57.1. The standard InChI is InChI=1S/C14H20O8/c15-4-3-7-1-2-8(17)9(5-7)21-14-13(20)12(19)11(18)10(6-16)22-14/h1-2,5,10-20H,3-4,6H2/t10-,11-,12-,13-,14-/m1/s1. The van der Waals surface area contributed by atoms with Gasteiger partial charge < -0.3 is 40.1 Å². The van der Waals surface area contributed by atoms with Crippen LogP contribution in [0.1, 0.15) is 5.56 Å². The minimum Gasteiger partial charge on any atom is -0.504 e. The molecule has 1 aromatic rings. The highest BCUT2D eigenvalue weighted by Crippen LogP contribution is 2.31. The maximum Gasteiger partial charge on any atom is 0.229 e. The molecule has 1 fully saturated rings. The topological polar surface area (TPSA) is 140 Å². The molecular formula is C14H20O8. The summed E-state index contributed by atoms with van der Waals surface area (Å²) < 4.78 is 10.5. The Kier molecular flexibility index (Phi) is 5.57. The smallest absolute Gasteiger partial charge is 0.229 e. The highest BCUT2D eigenvalue weighted by molar-refractivity contribution is 5.42. The van der Waals surface area contributed by atoms with Gasteiger partial charge in [-0.15, -0.1) is 0 Å². The molecule has 6 N–H and O–H groups in total. The van der Waals surface area contributed by atoms with Crippen LogP contribution in [0.15, 0.2) is 18.2 Å². The van der Waals surface area contributed by atoms with E-state index in [2.05, 4.69) is 0 Å². The Hall–Kier alpha value is -1.42. The molecule has 0 saturated carbocycles. The number of hydrogen-bond acceptors (Lipinski definition) is 8. The molecule has 0 aliphatic carbocycles. The number of phenolic OH excluding ortho intramolecular Hbond substituents is 1. The second-order valence-corrected chi connectivity index (χ2v) is 5.09. The molecule has 1 aliphatic rings. The summed E-state index contributed by atoms with van der Waals surface area (Å²) in [4.78, 5) is 0. The minimum absolute atomic E-state index is 0.00437. The first-order chi connectivity index (χ1) is 10.5. The number of ether oxygens (including phenoxy) is 2. The molecule has 1 aliphatic heterocycles. The molecule has 124 valence electrons. The van der Waals surface area contributed by atoms with E-state index in [9.17, 15) is 20.4 Å². The van der Waals surface area contributed by atoms with Crippen molar-refractivity contribution in [2.24, 2.45) is 0 Å². The fourth-order valence-corrected chi connectivity index (χ4v) is 2.23. The van der Waals surface area contributed by atoms with Gasteiger partial charge in [-0.1, -0.05) is 6.07 Å². The van der Waals surface area contributed by atoms with Crippen molar-refractivity contribution in [3.05, 3.63) is 23.8 Å². The number of hydrogen-bond donors (Lipinski definition) is 6. The molecule has 0 bridgehead atoms. The largest absolute Gasteiger partial charge is 0.504 e. The van der Waals surface area contributed by atoms with Gasteiger partial charge in [0.25, 0.3) is 0 Å². The Labute approximate surface area is 126 Å². The molecule has 8 heteroatoms. The SMILES string of the molecule is OCCc1ccc(O)c(O[C@@H]2O[C@H](CO)[C@@H](O)[C@@H](O)[C@H]2O)c1. The summed E-state index contributed by atoms with van der Waals surface area (Å²) in [7, 11) is 0.